The minimum absolute atomic E-state index is 0.239. The maximum Gasteiger partial charge on any atom is 0.332 e. The first kappa shape index (κ1) is 16.1. The number of nitrogens with zero attached hydrogens (tertiary/aromatic N) is 5. The van der Waals surface area contributed by atoms with Crippen molar-refractivity contribution in [1.29, 1.82) is 0 Å². The van der Waals surface area contributed by atoms with Crippen LogP contribution < -0.4 is 0 Å². The Balaban J connectivity index is 1.63. The van der Waals surface area contributed by atoms with E-state index in [1.54, 1.807) is 19.2 Å². The standard InChI is InChI=1S/C15H17N5O5/c1-7-16-4-8-5-20-10(18-13(8)17-7)2-3-19(15(20)24)14-12(23)11(22)9(6-21)25-14/h2-4,9,11-12,14,21-23H,5-6H2,1H3. The number of carbonyl (C=O) groups is 1. The number of urea groups is 1. The second kappa shape index (κ2) is 5.85. The van der Waals surface area contributed by atoms with E-state index in [2.05, 4.69) is 15.0 Å². The first-order valence-corrected chi connectivity index (χ1v) is 7.81. The lowest BCUT2D eigenvalue weighted by Gasteiger charge is -2.37. The molecule has 3 aliphatic rings. The van der Waals surface area contributed by atoms with E-state index in [-0.39, 0.29) is 6.54 Å². The Kier molecular flexibility index (Phi) is 3.76. The van der Waals surface area contributed by atoms with Crippen LogP contribution in [0.3, 0.4) is 0 Å². The summed E-state index contributed by atoms with van der Waals surface area (Å²) in [6.45, 7) is 1.54. The second-order valence-electron chi connectivity index (χ2n) is 6.06. The Morgan fingerprint density at radius 2 is 2.16 bits per heavy atom. The Morgan fingerprint density at radius 3 is 2.88 bits per heavy atom. The molecule has 0 radical (unpaired) electrons. The Bertz CT molecular complexity index is 782. The van der Waals surface area contributed by atoms with Gasteiger partial charge in [0.1, 0.15) is 30.0 Å². The molecule has 4 heterocycles. The molecule has 0 bridgehead atoms. The van der Waals surface area contributed by atoms with Crippen LogP contribution in [0.1, 0.15) is 11.4 Å². The Labute approximate surface area is 142 Å². The van der Waals surface area contributed by atoms with Gasteiger partial charge in [0, 0.05) is 18.0 Å². The fourth-order valence-electron chi connectivity index (χ4n) is 3.06. The van der Waals surface area contributed by atoms with Crippen LogP contribution in [0, 0.1) is 6.92 Å². The molecule has 0 spiro atoms. The van der Waals surface area contributed by atoms with Gasteiger partial charge < -0.3 is 20.1 Å². The van der Waals surface area contributed by atoms with Crippen LogP contribution in [-0.4, -0.2) is 78.1 Å². The van der Waals surface area contributed by atoms with Crippen LogP contribution in [0.15, 0.2) is 23.5 Å². The van der Waals surface area contributed by atoms with Gasteiger partial charge in [0.25, 0.3) is 0 Å². The van der Waals surface area contributed by atoms with Crippen molar-refractivity contribution in [3.63, 3.8) is 0 Å². The van der Waals surface area contributed by atoms with Gasteiger partial charge in [0.05, 0.1) is 13.2 Å². The van der Waals surface area contributed by atoms with Gasteiger partial charge in [-0.15, -0.1) is 0 Å². The second-order valence-corrected chi connectivity index (χ2v) is 6.06. The van der Waals surface area contributed by atoms with Crippen LogP contribution in [0.2, 0.25) is 0 Å². The predicted molar refractivity (Wildman–Crippen MR) is 83.5 cm³/mol. The average molecular weight is 347 g/mol. The number of aliphatic hydroxyl groups is 3. The highest BCUT2D eigenvalue weighted by atomic mass is 16.6. The minimum Gasteiger partial charge on any atom is -0.394 e. The number of aliphatic hydroxyl groups excluding tert-OH is 3. The summed E-state index contributed by atoms with van der Waals surface area (Å²) in [7, 11) is 0. The van der Waals surface area contributed by atoms with Gasteiger partial charge in [-0.3, -0.25) is 9.80 Å². The number of carbonyl (C=O) groups excluding carboxylic acids is 1. The molecule has 2 amide bonds. The van der Waals surface area contributed by atoms with E-state index in [1.165, 1.54) is 16.0 Å². The zero-order chi connectivity index (χ0) is 17.7. The van der Waals surface area contributed by atoms with Crippen LogP contribution in [0.5, 0.6) is 0 Å². The molecule has 0 aliphatic carbocycles. The molecule has 1 saturated heterocycles. The molecule has 4 rings (SSSR count). The zero-order valence-electron chi connectivity index (χ0n) is 13.3. The average Bonchev–Trinajstić information content (AvgIpc) is 2.89. The predicted octanol–water partition coefficient (Wildman–Crippen LogP) is -0.981. The highest BCUT2D eigenvalue weighted by Gasteiger charge is 2.48. The lowest BCUT2D eigenvalue weighted by atomic mass is 10.1. The van der Waals surface area contributed by atoms with Crippen molar-refractivity contribution in [1.82, 2.24) is 19.8 Å². The molecule has 132 valence electrons. The summed E-state index contributed by atoms with van der Waals surface area (Å²) in [6.07, 6.45) is 0.0355. The molecule has 0 aromatic carbocycles. The van der Waals surface area contributed by atoms with Crippen LogP contribution in [-0.2, 0) is 11.3 Å². The Hall–Kier alpha value is -2.40. The van der Waals surface area contributed by atoms with Crippen LogP contribution in [0.25, 0.3) is 0 Å². The lowest BCUT2D eigenvalue weighted by molar-refractivity contribution is -0.0679. The first-order valence-electron chi connectivity index (χ1n) is 7.81. The topological polar surface area (TPSA) is 132 Å². The summed E-state index contributed by atoms with van der Waals surface area (Å²) in [4.78, 5) is 28.2. The van der Waals surface area contributed by atoms with E-state index in [9.17, 15) is 20.1 Å². The molecule has 4 unspecified atom stereocenters. The molecule has 3 aliphatic heterocycles. The smallest absolute Gasteiger partial charge is 0.332 e. The highest BCUT2D eigenvalue weighted by molar-refractivity contribution is 6.08. The maximum absolute atomic E-state index is 12.8. The third-order valence-corrected chi connectivity index (χ3v) is 4.41. The summed E-state index contributed by atoms with van der Waals surface area (Å²) in [5.41, 5.74) is 0.708. The third-order valence-electron chi connectivity index (χ3n) is 4.41. The number of hydrogen-bond acceptors (Lipinski definition) is 8. The lowest BCUT2D eigenvalue weighted by Crippen LogP contribution is -2.53. The van der Waals surface area contributed by atoms with Gasteiger partial charge in [0.2, 0.25) is 0 Å². The number of rotatable bonds is 2. The molecule has 1 fully saturated rings. The van der Waals surface area contributed by atoms with Crippen molar-refractivity contribution in [2.75, 3.05) is 6.61 Å². The normalized spacial score (nSPS) is 31.0. The summed E-state index contributed by atoms with van der Waals surface area (Å²) in [6, 6.07) is -0.456. The fourth-order valence-corrected chi connectivity index (χ4v) is 3.06. The quantitative estimate of drug-likeness (QED) is 0.626. The molecule has 10 heteroatoms. The number of aryl methyl sites for hydroxylation is 1. The minimum atomic E-state index is -1.33. The van der Waals surface area contributed by atoms with Crippen molar-refractivity contribution >= 4 is 17.7 Å². The highest BCUT2D eigenvalue weighted by Crippen LogP contribution is 2.30. The monoisotopic (exact) mass is 347 g/mol. The first-order chi connectivity index (χ1) is 12.0. The molecule has 10 nitrogen and oxygen atoms in total. The van der Waals surface area contributed by atoms with Gasteiger partial charge in [0.15, 0.2) is 12.0 Å². The van der Waals surface area contributed by atoms with Crippen LogP contribution >= 0.6 is 0 Å². The number of aliphatic imine (C=N–C) groups is 1. The number of hydrogen-bond donors (Lipinski definition) is 3. The van der Waals surface area contributed by atoms with E-state index in [0.29, 0.717) is 23.0 Å². The van der Waals surface area contributed by atoms with Crippen molar-refractivity contribution in [3.05, 3.63) is 29.9 Å². The SMILES string of the molecule is Cc1ncc2c(n1)N=C1C=CN(C3OC(CO)C(O)C3O)C(=O)N1C2. The van der Waals surface area contributed by atoms with Crippen molar-refractivity contribution < 1.29 is 24.9 Å². The number of fused-ring (bicyclic) bond motifs is 2. The van der Waals surface area contributed by atoms with Gasteiger partial charge in [-0.05, 0) is 13.0 Å². The van der Waals surface area contributed by atoms with Gasteiger partial charge in [-0.2, -0.15) is 0 Å². The number of aromatic nitrogens is 2. The van der Waals surface area contributed by atoms with E-state index >= 15 is 0 Å². The number of ether oxygens (including phenoxy) is 1. The Morgan fingerprint density at radius 1 is 1.36 bits per heavy atom. The zero-order valence-corrected chi connectivity index (χ0v) is 13.3. The van der Waals surface area contributed by atoms with Gasteiger partial charge in [-0.1, -0.05) is 0 Å². The van der Waals surface area contributed by atoms with E-state index in [0.717, 1.165) is 0 Å². The largest absolute Gasteiger partial charge is 0.394 e. The van der Waals surface area contributed by atoms with Gasteiger partial charge in [-0.25, -0.2) is 19.8 Å². The molecular weight excluding hydrogens is 330 g/mol. The molecule has 25 heavy (non-hydrogen) atoms. The van der Waals surface area contributed by atoms with Crippen molar-refractivity contribution in [3.8, 4) is 0 Å². The third kappa shape index (κ3) is 2.50. The molecule has 4 atom stereocenters. The maximum atomic E-state index is 12.8. The molecule has 1 aromatic rings. The summed E-state index contributed by atoms with van der Waals surface area (Å²) >= 11 is 0. The molecule has 3 N–H and O–H groups in total. The molecule has 0 saturated carbocycles. The summed E-state index contributed by atoms with van der Waals surface area (Å²) < 4.78 is 5.42. The molecular formula is C15H17N5O5. The van der Waals surface area contributed by atoms with Crippen LogP contribution in [0.4, 0.5) is 10.6 Å². The van der Waals surface area contributed by atoms with Crippen molar-refractivity contribution in [2.24, 2.45) is 4.99 Å². The summed E-state index contributed by atoms with van der Waals surface area (Å²) in [5.74, 6) is 1.55. The molecule has 1 aromatic heterocycles. The van der Waals surface area contributed by atoms with E-state index in [1.807, 2.05) is 0 Å². The van der Waals surface area contributed by atoms with Crippen molar-refractivity contribution in [2.45, 2.75) is 38.0 Å². The fraction of sp³-hybridized carbons (Fsp3) is 0.467. The van der Waals surface area contributed by atoms with Gasteiger partial charge >= 0.3 is 6.03 Å². The summed E-state index contributed by atoms with van der Waals surface area (Å²) in [5, 5.41) is 29.2. The van der Waals surface area contributed by atoms with E-state index < -0.39 is 37.2 Å². The number of amides is 2. The van der Waals surface area contributed by atoms with E-state index in [4.69, 9.17) is 4.74 Å². The number of amidine groups is 1.